The molecule has 2 amide bonds. The predicted octanol–water partition coefficient (Wildman–Crippen LogP) is 1.48. The maximum atomic E-state index is 14.1. The molecule has 2 N–H and O–H groups in total. The minimum atomic E-state index is -3.55. The summed E-state index contributed by atoms with van der Waals surface area (Å²) in [7, 11) is -3.55. The summed E-state index contributed by atoms with van der Waals surface area (Å²) in [5, 5.41) is 8.97. The number of hydrogen-bond donors (Lipinski definition) is 2. The van der Waals surface area contributed by atoms with Crippen LogP contribution in [0.1, 0.15) is 18.8 Å². The van der Waals surface area contributed by atoms with E-state index in [1.54, 1.807) is 25.4 Å². The van der Waals surface area contributed by atoms with Crippen LogP contribution in [0.5, 0.6) is 0 Å². The molecule has 0 aliphatic rings. The van der Waals surface area contributed by atoms with Crippen molar-refractivity contribution in [3.05, 3.63) is 54.6 Å². The van der Waals surface area contributed by atoms with Gasteiger partial charge in [-0.2, -0.15) is 9.78 Å². The summed E-state index contributed by atoms with van der Waals surface area (Å²) >= 11 is 0. The lowest BCUT2D eigenvalue weighted by Crippen LogP contribution is -2.33. The van der Waals surface area contributed by atoms with Crippen LogP contribution >= 0.6 is 0 Å². The molecule has 2 heterocycles. The van der Waals surface area contributed by atoms with Gasteiger partial charge in [-0.05, 0) is 31.2 Å². The van der Waals surface area contributed by atoms with Crippen LogP contribution in [-0.4, -0.2) is 45.4 Å². The first-order valence-electron chi connectivity index (χ1n) is 8.00. The second kappa shape index (κ2) is 7.68. The third-order valence-corrected chi connectivity index (χ3v) is 4.78. The number of hydrogen-bond acceptors (Lipinski definition) is 7. The first kappa shape index (κ1) is 19.4. The summed E-state index contributed by atoms with van der Waals surface area (Å²) in [6.07, 6.45) is 5.35. The monoisotopic (exact) mass is 405 g/mol. The van der Waals surface area contributed by atoms with Crippen molar-refractivity contribution < 1.29 is 17.6 Å². The molecule has 0 spiro atoms. The van der Waals surface area contributed by atoms with Crippen LogP contribution in [0.15, 0.2) is 47.9 Å². The molecule has 146 valence electrons. The Balaban J connectivity index is 1.72. The Morgan fingerprint density at radius 3 is 2.57 bits per heavy atom. The standard InChI is InChI=1S/C16H16FN7O3S/c1-10(14-20-9-21-24(14)15-18-6-3-7-19-15)22-16(25)23-13-5-4-11(8-12(13)17)28(2,26)27/h3-10H,1-2H3,(H2,22,23,25)/t10-/m0/s1. The van der Waals surface area contributed by atoms with Crippen LogP contribution < -0.4 is 10.6 Å². The molecule has 2 aromatic heterocycles. The smallest absolute Gasteiger partial charge is 0.319 e. The van der Waals surface area contributed by atoms with E-state index in [1.165, 1.54) is 23.1 Å². The quantitative estimate of drug-likeness (QED) is 0.657. The van der Waals surface area contributed by atoms with Gasteiger partial charge in [0, 0.05) is 18.6 Å². The molecule has 10 nitrogen and oxygen atoms in total. The molecule has 28 heavy (non-hydrogen) atoms. The number of rotatable bonds is 5. The Bertz CT molecular complexity index is 1100. The molecule has 0 aliphatic heterocycles. The third-order valence-electron chi connectivity index (χ3n) is 3.67. The highest BCUT2D eigenvalue weighted by molar-refractivity contribution is 7.90. The molecule has 1 atom stereocenters. The lowest BCUT2D eigenvalue weighted by molar-refractivity contribution is 0.248. The van der Waals surface area contributed by atoms with E-state index < -0.39 is 27.7 Å². The Morgan fingerprint density at radius 2 is 1.93 bits per heavy atom. The molecule has 0 radical (unpaired) electrons. The molecule has 0 fully saturated rings. The highest BCUT2D eigenvalue weighted by Crippen LogP contribution is 2.19. The average molecular weight is 405 g/mol. The lowest BCUT2D eigenvalue weighted by Gasteiger charge is -2.15. The molecule has 0 aliphatic carbocycles. The summed E-state index contributed by atoms with van der Waals surface area (Å²) in [6, 6.07) is 3.57. The van der Waals surface area contributed by atoms with E-state index in [0.717, 1.165) is 12.3 Å². The maximum absolute atomic E-state index is 14.1. The molecular weight excluding hydrogens is 389 g/mol. The van der Waals surface area contributed by atoms with Crippen molar-refractivity contribution in [1.29, 1.82) is 0 Å². The number of benzene rings is 1. The first-order chi connectivity index (χ1) is 13.3. The molecular formula is C16H16FN7O3S. The van der Waals surface area contributed by atoms with Gasteiger partial charge in [0.2, 0.25) is 0 Å². The van der Waals surface area contributed by atoms with E-state index in [2.05, 4.69) is 30.7 Å². The third kappa shape index (κ3) is 4.28. The van der Waals surface area contributed by atoms with Gasteiger partial charge < -0.3 is 10.6 Å². The summed E-state index contributed by atoms with van der Waals surface area (Å²) in [5.41, 5.74) is -0.162. The number of halogens is 1. The van der Waals surface area contributed by atoms with Crippen LogP contribution in [0.3, 0.4) is 0 Å². The zero-order chi connectivity index (χ0) is 20.3. The lowest BCUT2D eigenvalue weighted by atomic mass is 10.3. The van der Waals surface area contributed by atoms with E-state index in [9.17, 15) is 17.6 Å². The number of carbonyl (C=O) groups is 1. The summed E-state index contributed by atoms with van der Waals surface area (Å²) in [5.74, 6) is -0.215. The number of nitrogens with one attached hydrogen (secondary N) is 2. The Kier molecular flexibility index (Phi) is 5.31. The summed E-state index contributed by atoms with van der Waals surface area (Å²) in [4.78, 5) is 24.3. The second-order valence-electron chi connectivity index (χ2n) is 5.81. The van der Waals surface area contributed by atoms with Crippen LogP contribution in [0.4, 0.5) is 14.9 Å². The molecule has 0 bridgehead atoms. The molecule has 1 aromatic carbocycles. The number of sulfone groups is 1. The SMILES string of the molecule is C[C@H](NC(=O)Nc1ccc(S(C)(=O)=O)cc1F)c1ncnn1-c1ncccn1. The van der Waals surface area contributed by atoms with Gasteiger partial charge in [0.05, 0.1) is 16.6 Å². The Hall–Kier alpha value is -3.41. The van der Waals surface area contributed by atoms with Crippen LogP contribution in [0.25, 0.3) is 5.95 Å². The van der Waals surface area contributed by atoms with Crippen molar-refractivity contribution >= 4 is 21.6 Å². The Labute approximate surface area is 159 Å². The minimum absolute atomic E-state index is 0.162. The minimum Gasteiger partial charge on any atom is -0.328 e. The fourth-order valence-corrected chi connectivity index (χ4v) is 2.98. The maximum Gasteiger partial charge on any atom is 0.319 e. The van der Waals surface area contributed by atoms with Crippen molar-refractivity contribution in [2.75, 3.05) is 11.6 Å². The predicted molar refractivity (Wildman–Crippen MR) is 97.0 cm³/mol. The highest BCUT2D eigenvalue weighted by atomic mass is 32.2. The van der Waals surface area contributed by atoms with E-state index in [-0.39, 0.29) is 16.5 Å². The van der Waals surface area contributed by atoms with Crippen molar-refractivity contribution in [2.24, 2.45) is 0 Å². The normalized spacial score (nSPS) is 12.4. The van der Waals surface area contributed by atoms with Gasteiger partial charge in [0.15, 0.2) is 15.7 Å². The zero-order valence-electron chi connectivity index (χ0n) is 14.9. The molecule has 3 aromatic rings. The first-order valence-corrected chi connectivity index (χ1v) is 9.89. The number of aromatic nitrogens is 5. The van der Waals surface area contributed by atoms with Crippen molar-refractivity contribution in [2.45, 2.75) is 17.9 Å². The van der Waals surface area contributed by atoms with Crippen LogP contribution in [0, 0.1) is 5.82 Å². The van der Waals surface area contributed by atoms with Crippen LogP contribution in [-0.2, 0) is 9.84 Å². The largest absolute Gasteiger partial charge is 0.328 e. The molecule has 0 saturated carbocycles. The zero-order valence-corrected chi connectivity index (χ0v) is 15.7. The molecule has 3 rings (SSSR count). The van der Waals surface area contributed by atoms with Gasteiger partial charge in [-0.3, -0.25) is 0 Å². The van der Waals surface area contributed by atoms with Gasteiger partial charge in [0.25, 0.3) is 5.95 Å². The van der Waals surface area contributed by atoms with E-state index in [4.69, 9.17) is 0 Å². The fourth-order valence-electron chi connectivity index (χ4n) is 2.35. The van der Waals surface area contributed by atoms with Gasteiger partial charge in [-0.25, -0.2) is 32.6 Å². The summed E-state index contributed by atoms with van der Waals surface area (Å²) < 4.78 is 38.4. The van der Waals surface area contributed by atoms with Crippen molar-refractivity contribution in [3.63, 3.8) is 0 Å². The van der Waals surface area contributed by atoms with Gasteiger partial charge in [-0.15, -0.1) is 0 Å². The molecule has 0 saturated heterocycles. The number of amides is 2. The number of nitrogens with zero attached hydrogens (tertiary/aromatic N) is 5. The topological polar surface area (TPSA) is 132 Å². The highest BCUT2D eigenvalue weighted by Gasteiger charge is 2.19. The van der Waals surface area contributed by atoms with Crippen molar-refractivity contribution in [3.8, 4) is 5.95 Å². The second-order valence-corrected chi connectivity index (χ2v) is 7.83. The molecule has 12 heteroatoms. The number of carbonyl (C=O) groups excluding carboxylic acids is 1. The molecule has 0 unspecified atom stereocenters. The van der Waals surface area contributed by atoms with E-state index in [1.807, 2.05) is 0 Å². The van der Waals surface area contributed by atoms with Crippen molar-refractivity contribution in [1.82, 2.24) is 30.0 Å². The van der Waals surface area contributed by atoms with Gasteiger partial charge in [-0.1, -0.05) is 0 Å². The van der Waals surface area contributed by atoms with Gasteiger partial charge in [0.1, 0.15) is 12.1 Å². The summed E-state index contributed by atoms with van der Waals surface area (Å²) in [6.45, 7) is 1.66. The average Bonchev–Trinajstić information content (AvgIpc) is 3.13. The van der Waals surface area contributed by atoms with E-state index >= 15 is 0 Å². The van der Waals surface area contributed by atoms with Gasteiger partial charge >= 0.3 is 6.03 Å². The van der Waals surface area contributed by atoms with E-state index in [0.29, 0.717) is 5.82 Å². The fraction of sp³-hybridized carbons (Fsp3) is 0.188. The Morgan fingerprint density at radius 1 is 1.21 bits per heavy atom. The van der Waals surface area contributed by atoms with Crippen LogP contribution in [0.2, 0.25) is 0 Å². The number of urea groups is 1. The number of anilines is 1.